The van der Waals surface area contributed by atoms with Gasteiger partial charge in [-0.25, -0.2) is 0 Å². The van der Waals surface area contributed by atoms with E-state index >= 15 is 0 Å². The number of nitrogens with one attached hydrogen (secondary N) is 1. The zero-order valence-electron chi connectivity index (χ0n) is 15.1. The lowest BCUT2D eigenvalue weighted by Crippen LogP contribution is -2.48. The van der Waals surface area contributed by atoms with Gasteiger partial charge >= 0.3 is 0 Å². The first-order valence-corrected chi connectivity index (χ1v) is 9.25. The molecule has 1 amide bonds. The Labute approximate surface area is 145 Å². The smallest absolute Gasteiger partial charge is 0.241 e. The molecule has 1 N–H and O–H groups in total. The van der Waals surface area contributed by atoms with E-state index in [4.69, 9.17) is 0 Å². The van der Waals surface area contributed by atoms with Gasteiger partial charge in [0, 0.05) is 0 Å². The number of nitriles is 1. The largest absolute Gasteiger partial charge is 0.348 e. The molecular weight excluding hydrogens is 296 g/mol. The van der Waals surface area contributed by atoms with Gasteiger partial charge < -0.3 is 5.32 Å². The van der Waals surface area contributed by atoms with Crippen molar-refractivity contribution in [1.82, 2.24) is 5.32 Å². The van der Waals surface area contributed by atoms with Crippen LogP contribution in [0.15, 0.2) is 18.2 Å². The molecule has 0 heterocycles. The summed E-state index contributed by atoms with van der Waals surface area (Å²) in [6.45, 7) is 6.18. The number of carbonyl (C=O) groups is 1. The maximum Gasteiger partial charge on any atom is 0.241 e. The van der Waals surface area contributed by atoms with Crippen molar-refractivity contribution in [3.05, 3.63) is 34.9 Å². The summed E-state index contributed by atoms with van der Waals surface area (Å²) in [6.07, 6.45) is 6.34. The Bertz CT molecular complexity index is 671. The number of hydrogen-bond acceptors (Lipinski definition) is 2. The van der Waals surface area contributed by atoms with Crippen LogP contribution in [0.4, 0.5) is 0 Å². The van der Waals surface area contributed by atoms with Crippen LogP contribution in [0.25, 0.3) is 0 Å². The van der Waals surface area contributed by atoms with Crippen LogP contribution in [0.3, 0.4) is 0 Å². The molecule has 4 unspecified atom stereocenters. The highest BCUT2D eigenvalue weighted by Crippen LogP contribution is 2.50. The number of fused-ring (bicyclic) bond motifs is 4. The summed E-state index contributed by atoms with van der Waals surface area (Å²) >= 11 is 0. The molecule has 3 fully saturated rings. The molecule has 0 saturated heterocycles. The fourth-order valence-electron chi connectivity index (χ4n) is 4.88. The number of carbonyl (C=O) groups excluding carboxylic acids is 1. The summed E-state index contributed by atoms with van der Waals surface area (Å²) in [5.74, 6) is 0.729. The minimum atomic E-state index is -0.813. The molecular formula is C21H28N2O. The predicted octanol–water partition coefficient (Wildman–Crippen LogP) is 4.59. The summed E-state index contributed by atoms with van der Waals surface area (Å²) in [5, 5.41) is 13.1. The Morgan fingerprint density at radius 1 is 1.29 bits per heavy atom. The van der Waals surface area contributed by atoms with Gasteiger partial charge in [-0.3, -0.25) is 4.79 Å². The predicted molar refractivity (Wildman–Crippen MR) is 95.2 cm³/mol. The van der Waals surface area contributed by atoms with Crippen LogP contribution in [0.1, 0.15) is 68.2 Å². The number of rotatable bonds is 3. The maximum atomic E-state index is 13.1. The molecule has 3 nitrogen and oxygen atoms in total. The molecule has 0 aliphatic heterocycles. The maximum absolute atomic E-state index is 13.1. The van der Waals surface area contributed by atoms with E-state index in [2.05, 4.69) is 43.4 Å². The highest BCUT2D eigenvalue weighted by molar-refractivity contribution is 5.86. The normalized spacial score (nSPS) is 30.2. The van der Waals surface area contributed by atoms with Crippen molar-refractivity contribution in [3.8, 4) is 6.07 Å². The van der Waals surface area contributed by atoms with Gasteiger partial charge in [-0.1, -0.05) is 43.0 Å². The molecule has 3 aliphatic carbocycles. The Hall–Kier alpha value is -1.82. The summed E-state index contributed by atoms with van der Waals surface area (Å²) in [6, 6.07) is 8.71. The minimum absolute atomic E-state index is 0.0472. The Kier molecular flexibility index (Phi) is 4.67. The van der Waals surface area contributed by atoms with Crippen LogP contribution in [0.2, 0.25) is 0 Å². The molecule has 2 bridgehead atoms. The second-order valence-electron chi connectivity index (χ2n) is 7.91. The van der Waals surface area contributed by atoms with Crippen LogP contribution in [0.5, 0.6) is 0 Å². The Morgan fingerprint density at radius 2 is 2.08 bits per heavy atom. The molecule has 3 saturated carbocycles. The second-order valence-corrected chi connectivity index (χ2v) is 7.91. The van der Waals surface area contributed by atoms with Crippen LogP contribution in [0, 0.1) is 42.4 Å². The van der Waals surface area contributed by atoms with Crippen LogP contribution < -0.4 is 5.32 Å². The van der Waals surface area contributed by atoms with Gasteiger partial charge in [0.25, 0.3) is 0 Å². The number of nitrogens with zero attached hydrogens (tertiary/aromatic N) is 1. The van der Waals surface area contributed by atoms with Crippen LogP contribution in [-0.4, -0.2) is 5.91 Å². The van der Waals surface area contributed by atoms with Gasteiger partial charge in [-0.15, -0.1) is 0 Å². The van der Waals surface area contributed by atoms with Gasteiger partial charge in [0.05, 0.1) is 12.1 Å². The number of aryl methyl sites for hydroxylation is 2. The van der Waals surface area contributed by atoms with E-state index in [-0.39, 0.29) is 17.9 Å². The third kappa shape index (κ3) is 2.95. The quantitative estimate of drug-likeness (QED) is 0.884. The van der Waals surface area contributed by atoms with Gasteiger partial charge in [0.15, 0.2) is 0 Å². The van der Waals surface area contributed by atoms with Crippen LogP contribution in [-0.2, 0) is 4.79 Å². The number of benzene rings is 1. The molecule has 128 valence electrons. The first kappa shape index (κ1) is 17.0. The second kappa shape index (κ2) is 6.59. The SMILES string of the molecule is Cc1ccc(C(C)NC(=O)C2(C#N)CC3CCCC2CC3)c(C)c1. The van der Waals surface area contributed by atoms with E-state index in [1.54, 1.807) is 0 Å². The molecule has 1 aromatic carbocycles. The highest BCUT2D eigenvalue weighted by Gasteiger charge is 2.51. The molecule has 1 aromatic rings. The summed E-state index contributed by atoms with van der Waals surface area (Å²) < 4.78 is 0. The standard InChI is InChI=1S/C21H28N2O/c1-14-7-10-19(15(2)11-14)16(3)23-20(24)21(13-22)12-17-5-4-6-18(21)9-8-17/h7,10-11,16-18H,4-6,8-9,12H2,1-3H3,(H,23,24). The number of amides is 1. The van der Waals surface area contributed by atoms with Crippen molar-refractivity contribution in [2.24, 2.45) is 17.3 Å². The summed E-state index contributed by atoms with van der Waals surface area (Å²) in [4.78, 5) is 13.1. The topological polar surface area (TPSA) is 52.9 Å². The van der Waals surface area contributed by atoms with Gasteiger partial charge in [-0.05, 0) is 63.0 Å². The lowest BCUT2D eigenvalue weighted by atomic mass is 9.64. The molecule has 4 rings (SSSR count). The Morgan fingerprint density at radius 3 is 2.79 bits per heavy atom. The molecule has 0 spiro atoms. The van der Waals surface area contributed by atoms with E-state index in [1.807, 2.05) is 6.92 Å². The van der Waals surface area contributed by atoms with Crippen molar-refractivity contribution < 1.29 is 4.79 Å². The van der Waals surface area contributed by atoms with Crippen molar-refractivity contribution in [1.29, 1.82) is 5.26 Å². The first-order valence-electron chi connectivity index (χ1n) is 9.25. The van der Waals surface area contributed by atoms with E-state index in [0.29, 0.717) is 5.92 Å². The lowest BCUT2D eigenvalue weighted by molar-refractivity contribution is -0.133. The molecule has 0 aromatic heterocycles. The monoisotopic (exact) mass is 324 g/mol. The lowest BCUT2D eigenvalue weighted by Gasteiger charge is -2.39. The zero-order chi connectivity index (χ0) is 17.3. The molecule has 4 atom stereocenters. The third-order valence-corrected chi connectivity index (χ3v) is 6.24. The van der Waals surface area contributed by atoms with E-state index in [0.717, 1.165) is 24.8 Å². The minimum Gasteiger partial charge on any atom is -0.348 e. The van der Waals surface area contributed by atoms with E-state index in [9.17, 15) is 10.1 Å². The molecule has 24 heavy (non-hydrogen) atoms. The fraction of sp³-hybridized carbons (Fsp3) is 0.619. The number of hydrogen-bond donors (Lipinski definition) is 1. The molecule has 0 radical (unpaired) electrons. The first-order chi connectivity index (χ1) is 11.5. The highest BCUT2D eigenvalue weighted by atomic mass is 16.2. The molecule has 3 aliphatic rings. The van der Waals surface area contributed by atoms with E-state index < -0.39 is 5.41 Å². The van der Waals surface area contributed by atoms with E-state index in [1.165, 1.54) is 30.4 Å². The van der Waals surface area contributed by atoms with Crippen molar-refractivity contribution in [2.75, 3.05) is 0 Å². The fourth-order valence-corrected chi connectivity index (χ4v) is 4.88. The van der Waals surface area contributed by atoms with Gasteiger partial charge in [0.1, 0.15) is 5.41 Å². The van der Waals surface area contributed by atoms with Crippen molar-refractivity contribution >= 4 is 5.91 Å². The summed E-state index contributed by atoms with van der Waals surface area (Å²) in [5.41, 5.74) is 2.74. The molecule has 3 heteroatoms. The summed E-state index contributed by atoms with van der Waals surface area (Å²) in [7, 11) is 0. The van der Waals surface area contributed by atoms with Gasteiger partial charge in [-0.2, -0.15) is 5.26 Å². The Balaban J connectivity index is 1.81. The average Bonchev–Trinajstić information content (AvgIpc) is 2.88. The third-order valence-electron chi connectivity index (χ3n) is 6.24. The average molecular weight is 324 g/mol. The van der Waals surface area contributed by atoms with Crippen molar-refractivity contribution in [2.45, 2.75) is 65.3 Å². The van der Waals surface area contributed by atoms with Crippen molar-refractivity contribution in [3.63, 3.8) is 0 Å². The zero-order valence-corrected chi connectivity index (χ0v) is 15.1. The van der Waals surface area contributed by atoms with Gasteiger partial charge in [0.2, 0.25) is 5.91 Å². The van der Waals surface area contributed by atoms with Crippen LogP contribution >= 0.6 is 0 Å².